The van der Waals surface area contributed by atoms with Gasteiger partial charge in [0.05, 0.1) is 12.0 Å². The number of imide groups is 1. The molecular formula is C53H55FN10O5. The second kappa shape index (κ2) is 16.4. The van der Waals surface area contributed by atoms with Gasteiger partial charge in [0, 0.05) is 130 Å². The number of rotatable bonds is 11. The number of anilines is 2. The lowest BCUT2D eigenvalue weighted by Crippen LogP contribution is -2.52. The number of aromatic hydroxyl groups is 1. The van der Waals surface area contributed by atoms with Crippen LogP contribution in [0.15, 0.2) is 54.7 Å². The number of halogens is 1. The number of amides is 3. The van der Waals surface area contributed by atoms with Crippen molar-refractivity contribution in [3.8, 4) is 35.4 Å². The first kappa shape index (κ1) is 42.7. The number of piperidine rings is 2. The van der Waals surface area contributed by atoms with Gasteiger partial charge in [0.25, 0.3) is 5.91 Å². The molecule has 13 rings (SSSR count). The fraction of sp³-hybridized carbons (Fsp3) is 0.472. The van der Waals surface area contributed by atoms with E-state index < -0.39 is 11.9 Å². The van der Waals surface area contributed by atoms with E-state index in [9.17, 15) is 19.5 Å². The number of phenolic OH excluding ortho intramolecular Hbond substituents is 1. The second-order valence-electron chi connectivity index (χ2n) is 21.1. The molecule has 16 heteroatoms. The normalized spacial score (nSPS) is 27.2. The summed E-state index contributed by atoms with van der Waals surface area (Å²) in [5, 5.41) is 18.7. The maximum atomic E-state index is 17.1. The highest BCUT2D eigenvalue weighted by Gasteiger charge is 2.57. The van der Waals surface area contributed by atoms with Gasteiger partial charge in [-0.2, -0.15) is 9.97 Å². The average Bonchev–Trinajstić information content (AvgIpc) is 4.08. The van der Waals surface area contributed by atoms with Crippen molar-refractivity contribution in [2.75, 3.05) is 81.9 Å². The Morgan fingerprint density at radius 3 is 2.45 bits per heavy atom. The number of pyridine rings is 1. The number of aromatic nitrogens is 3. The molecule has 5 atom stereocenters. The van der Waals surface area contributed by atoms with E-state index in [0.29, 0.717) is 82.2 Å². The highest BCUT2D eigenvalue weighted by molar-refractivity contribution is 6.06. The molecule has 0 spiro atoms. The molecule has 2 aromatic heterocycles. The predicted molar refractivity (Wildman–Crippen MR) is 257 cm³/mol. The Labute approximate surface area is 399 Å². The van der Waals surface area contributed by atoms with Gasteiger partial charge < -0.3 is 34.8 Å². The van der Waals surface area contributed by atoms with E-state index >= 15 is 4.39 Å². The number of hydrogen-bond donors (Lipinski definition) is 3. The third-order valence-corrected chi connectivity index (χ3v) is 16.7. The van der Waals surface area contributed by atoms with Crippen LogP contribution < -0.4 is 25.2 Å². The lowest BCUT2D eigenvalue weighted by Gasteiger charge is -2.37. The number of phenols is 1. The summed E-state index contributed by atoms with van der Waals surface area (Å²) in [6.45, 7) is 10.5. The number of terminal acetylenes is 1. The molecule has 5 aromatic rings. The highest BCUT2D eigenvalue weighted by atomic mass is 19.1. The number of likely N-dealkylation sites (tertiary alicyclic amines) is 1. The Kier molecular flexibility index (Phi) is 10.1. The Morgan fingerprint density at radius 2 is 1.70 bits per heavy atom. The van der Waals surface area contributed by atoms with Crippen molar-refractivity contribution in [1.29, 1.82) is 0 Å². The molecule has 7 fully saturated rings. The Balaban J connectivity index is 0.647. The van der Waals surface area contributed by atoms with E-state index in [0.717, 1.165) is 108 Å². The van der Waals surface area contributed by atoms with Gasteiger partial charge in [0.2, 0.25) is 11.8 Å². The van der Waals surface area contributed by atoms with E-state index in [1.54, 1.807) is 23.2 Å². The zero-order chi connectivity index (χ0) is 46.7. The number of hydrogen-bond acceptors (Lipinski definition) is 13. The van der Waals surface area contributed by atoms with Gasteiger partial charge in [0.1, 0.15) is 28.8 Å². The highest BCUT2D eigenvalue weighted by Crippen LogP contribution is 2.55. The van der Waals surface area contributed by atoms with Crippen LogP contribution in [0.25, 0.3) is 32.9 Å². The number of nitrogens with zero attached hydrogens (tertiary/aromatic N) is 8. The maximum Gasteiger partial charge on any atom is 0.319 e. The summed E-state index contributed by atoms with van der Waals surface area (Å²) in [6.07, 6.45) is 12.5. The van der Waals surface area contributed by atoms with Crippen LogP contribution in [0.1, 0.15) is 60.0 Å². The molecule has 3 aromatic carbocycles. The molecular weight excluding hydrogens is 876 g/mol. The van der Waals surface area contributed by atoms with E-state index in [2.05, 4.69) is 47.2 Å². The van der Waals surface area contributed by atoms with Crippen LogP contribution in [0.3, 0.4) is 0 Å². The molecule has 3 N–H and O–H groups in total. The fourth-order valence-electron chi connectivity index (χ4n) is 12.8. The summed E-state index contributed by atoms with van der Waals surface area (Å²) >= 11 is 0. The minimum Gasteiger partial charge on any atom is -0.508 e. The molecule has 8 heterocycles. The zero-order valence-corrected chi connectivity index (χ0v) is 38.5. The molecule has 2 saturated carbocycles. The van der Waals surface area contributed by atoms with Crippen molar-refractivity contribution >= 4 is 50.9 Å². The van der Waals surface area contributed by atoms with Gasteiger partial charge in [-0.3, -0.25) is 29.6 Å². The van der Waals surface area contributed by atoms with E-state index in [1.807, 2.05) is 24.3 Å². The minimum atomic E-state index is -0.608. The minimum absolute atomic E-state index is 0.00937. The van der Waals surface area contributed by atoms with Gasteiger partial charge in [-0.1, -0.05) is 18.1 Å². The molecule has 2 bridgehead atoms. The molecule has 3 amide bonds. The quantitative estimate of drug-likeness (QED) is 0.126. The molecule has 69 heavy (non-hydrogen) atoms. The first-order chi connectivity index (χ1) is 33.6. The lowest BCUT2D eigenvalue weighted by molar-refractivity contribution is -0.136. The standard InChI is InChI=1S/C53H55FN10O5/c1-2-30-4-3-5-31-19-36(65)20-38(45(30)31)47-46(54)48-39(21-55-47)49(63-23-33-6-7-34(24-63)56-33)59-52(58-48)69-29-53(12-13-53)28-61-26-41-40(42(41)27-61)25-60-14-16-62(17-15-60)35-8-9-37-32(18-35)22-64(51(37)68)43-10-11-44(66)57-50(43)67/h1,3-5,8-9,18-21,33-34,40-43,56,65H,6-7,10-17,22-29H2,(H,57,66,67)/t33-,34-,41+,42+,43-/m0/s1. The summed E-state index contributed by atoms with van der Waals surface area (Å²) in [5.41, 5.74) is 3.90. The molecule has 354 valence electrons. The van der Waals surface area contributed by atoms with Crippen LogP contribution in [0.5, 0.6) is 11.8 Å². The number of benzene rings is 3. The third kappa shape index (κ3) is 7.60. The Bertz CT molecular complexity index is 3000. The summed E-state index contributed by atoms with van der Waals surface area (Å²) in [6, 6.07) is 14.9. The lowest BCUT2D eigenvalue weighted by atomic mass is 9.96. The van der Waals surface area contributed by atoms with Gasteiger partial charge in [-0.05, 0) is 97.2 Å². The fourth-order valence-corrected chi connectivity index (χ4v) is 12.8. The van der Waals surface area contributed by atoms with Gasteiger partial charge >= 0.3 is 6.01 Å². The predicted octanol–water partition coefficient (Wildman–Crippen LogP) is 4.53. The van der Waals surface area contributed by atoms with Crippen molar-refractivity contribution in [2.45, 2.75) is 63.2 Å². The molecule has 2 aliphatic carbocycles. The van der Waals surface area contributed by atoms with E-state index in [1.165, 1.54) is 6.07 Å². The average molecular weight is 931 g/mol. The Morgan fingerprint density at radius 1 is 0.899 bits per heavy atom. The van der Waals surface area contributed by atoms with Gasteiger partial charge in [-0.15, -0.1) is 6.42 Å². The maximum absolute atomic E-state index is 17.1. The smallest absolute Gasteiger partial charge is 0.319 e. The van der Waals surface area contributed by atoms with E-state index in [-0.39, 0.29) is 52.5 Å². The molecule has 6 aliphatic heterocycles. The largest absolute Gasteiger partial charge is 0.508 e. The van der Waals surface area contributed by atoms with Crippen molar-refractivity contribution in [2.24, 2.45) is 23.2 Å². The number of carbonyl (C=O) groups is 3. The molecule has 8 aliphatic rings. The summed E-state index contributed by atoms with van der Waals surface area (Å²) in [4.78, 5) is 63.4. The van der Waals surface area contributed by atoms with Crippen LogP contribution >= 0.6 is 0 Å². The number of piperazine rings is 2. The number of carbonyl (C=O) groups excluding carboxylic acids is 3. The molecule has 5 saturated heterocycles. The monoisotopic (exact) mass is 930 g/mol. The van der Waals surface area contributed by atoms with Crippen molar-refractivity contribution in [3.63, 3.8) is 0 Å². The zero-order valence-electron chi connectivity index (χ0n) is 38.5. The van der Waals surface area contributed by atoms with Gasteiger partial charge in [-0.25, -0.2) is 4.39 Å². The van der Waals surface area contributed by atoms with Crippen LogP contribution in [0, 0.1) is 41.3 Å². The van der Waals surface area contributed by atoms with Crippen molar-refractivity contribution in [3.05, 3.63) is 77.2 Å². The van der Waals surface area contributed by atoms with Crippen LogP contribution in [-0.4, -0.2) is 143 Å². The van der Waals surface area contributed by atoms with Crippen LogP contribution in [-0.2, 0) is 16.1 Å². The second-order valence-corrected chi connectivity index (χ2v) is 21.1. The first-order valence-electron chi connectivity index (χ1n) is 24.8. The third-order valence-electron chi connectivity index (χ3n) is 16.7. The van der Waals surface area contributed by atoms with E-state index in [4.69, 9.17) is 21.1 Å². The summed E-state index contributed by atoms with van der Waals surface area (Å²) in [5.74, 6) is 4.09. The SMILES string of the molecule is C#Cc1cccc2cc(O)cc(-c3ncc4c(N5C[C@@H]6CC[C@@H](C5)N6)nc(OCC5(CN6C[C@@H]7C(CN8CCN(c9ccc%10c(c9)CN([C@H]9CCC(=O)NC9=O)C%10=O)CC8)[C@H]7C6)CC5)nc4c3F)c12. The number of ether oxygens (including phenoxy) is 1. The summed E-state index contributed by atoms with van der Waals surface area (Å²) < 4.78 is 23.7. The summed E-state index contributed by atoms with van der Waals surface area (Å²) in [7, 11) is 0. The van der Waals surface area contributed by atoms with Crippen LogP contribution in [0.4, 0.5) is 15.9 Å². The molecule has 15 nitrogen and oxygen atoms in total. The van der Waals surface area contributed by atoms with Crippen LogP contribution in [0.2, 0.25) is 0 Å². The topological polar surface area (TPSA) is 160 Å². The van der Waals surface area contributed by atoms with Gasteiger partial charge in [0.15, 0.2) is 5.82 Å². The van der Waals surface area contributed by atoms with Crippen molar-refractivity contribution in [1.82, 2.24) is 40.3 Å². The molecule has 0 unspecified atom stereocenters. The first-order valence-corrected chi connectivity index (χ1v) is 24.8. The number of nitrogens with one attached hydrogen (secondary N) is 2. The van der Waals surface area contributed by atoms with Crippen molar-refractivity contribution < 1.29 is 28.6 Å². The number of fused-ring (bicyclic) bond motifs is 6. The Hall–Kier alpha value is -6.41. The molecule has 0 radical (unpaired) electrons.